The molecule has 0 aliphatic heterocycles. The molecule has 0 saturated carbocycles. The molecule has 1 unspecified atom stereocenters. The molecular weight excluding hydrogens is 376 g/mol. The van der Waals surface area contributed by atoms with E-state index in [-0.39, 0.29) is 0 Å². The van der Waals surface area contributed by atoms with Crippen molar-refractivity contribution in [3.05, 3.63) is 69.2 Å². The van der Waals surface area contributed by atoms with E-state index in [0.29, 0.717) is 4.83 Å². The molecule has 0 spiro atoms. The van der Waals surface area contributed by atoms with E-state index in [9.17, 15) is 0 Å². The van der Waals surface area contributed by atoms with Crippen LogP contribution >= 0.6 is 31.9 Å². The summed E-state index contributed by atoms with van der Waals surface area (Å²) < 4.78 is 1.14. The Morgan fingerprint density at radius 2 is 1.60 bits per heavy atom. The Morgan fingerprint density at radius 1 is 0.900 bits per heavy atom. The summed E-state index contributed by atoms with van der Waals surface area (Å²) >= 11 is 7.34. The van der Waals surface area contributed by atoms with E-state index >= 15 is 0 Å². The van der Waals surface area contributed by atoms with Crippen LogP contribution in [0.25, 0.3) is 0 Å². The third-order valence-electron chi connectivity index (χ3n) is 4.06. The Balaban J connectivity index is 1.76. The van der Waals surface area contributed by atoms with Crippen LogP contribution in [0.5, 0.6) is 0 Å². The van der Waals surface area contributed by atoms with Crippen LogP contribution in [-0.2, 0) is 19.3 Å². The number of rotatable bonds is 3. The summed E-state index contributed by atoms with van der Waals surface area (Å²) in [6.07, 6.45) is 6.24. The van der Waals surface area contributed by atoms with Gasteiger partial charge >= 0.3 is 0 Å². The lowest BCUT2D eigenvalue weighted by Crippen LogP contribution is -2.04. The van der Waals surface area contributed by atoms with Gasteiger partial charge in [-0.1, -0.05) is 62.2 Å². The van der Waals surface area contributed by atoms with Crippen LogP contribution in [0.1, 0.15) is 39.9 Å². The molecule has 2 aromatic carbocycles. The summed E-state index contributed by atoms with van der Waals surface area (Å²) in [7, 11) is 0. The normalized spacial score (nSPS) is 15.7. The first kappa shape index (κ1) is 14.3. The minimum atomic E-state index is 0.399. The van der Waals surface area contributed by atoms with Crippen molar-refractivity contribution < 1.29 is 0 Å². The van der Waals surface area contributed by atoms with Crippen LogP contribution < -0.4 is 0 Å². The quantitative estimate of drug-likeness (QED) is 0.560. The Morgan fingerprint density at radius 3 is 2.35 bits per heavy atom. The molecule has 2 aromatic rings. The first-order valence-electron chi connectivity index (χ1n) is 7.22. The van der Waals surface area contributed by atoms with Gasteiger partial charge in [0.25, 0.3) is 0 Å². The molecule has 3 rings (SSSR count). The minimum absolute atomic E-state index is 0.399. The molecule has 20 heavy (non-hydrogen) atoms. The highest BCUT2D eigenvalue weighted by Crippen LogP contribution is 2.31. The summed E-state index contributed by atoms with van der Waals surface area (Å²) in [5.41, 5.74) is 5.90. The van der Waals surface area contributed by atoms with Gasteiger partial charge in [0, 0.05) is 9.30 Å². The van der Waals surface area contributed by atoms with Gasteiger partial charge in [-0.15, -0.1) is 0 Å². The van der Waals surface area contributed by atoms with E-state index < -0.39 is 0 Å². The maximum atomic E-state index is 3.86. The number of benzene rings is 2. The van der Waals surface area contributed by atoms with Gasteiger partial charge in [-0.05, 0) is 66.5 Å². The zero-order valence-corrected chi connectivity index (χ0v) is 14.6. The second kappa shape index (κ2) is 6.44. The van der Waals surface area contributed by atoms with Gasteiger partial charge in [0.15, 0.2) is 0 Å². The molecule has 0 nitrogen and oxygen atoms in total. The molecule has 0 bridgehead atoms. The van der Waals surface area contributed by atoms with Crippen molar-refractivity contribution in [2.75, 3.05) is 0 Å². The molecule has 0 heterocycles. The Bertz CT molecular complexity index is 587. The van der Waals surface area contributed by atoms with Gasteiger partial charge < -0.3 is 0 Å². The third-order valence-corrected chi connectivity index (χ3v) is 5.44. The van der Waals surface area contributed by atoms with Crippen LogP contribution in [-0.4, -0.2) is 0 Å². The molecule has 0 aromatic heterocycles. The molecule has 0 saturated heterocycles. The largest absolute Gasteiger partial charge is 0.0835 e. The zero-order valence-electron chi connectivity index (χ0n) is 11.4. The van der Waals surface area contributed by atoms with Gasteiger partial charge in [0.2, 0.25) is 0 Å². The predicted octanol–water partition coefficient (Wildman–Crippen LogP) is 6.01. The number of alkyl halides is 1. The maximum Gasteiger partial charge on any atom is 0.0435 e. The lowest BCUT2D eigenvalue weighted by molar-refractivity contribution is 0.684. The van der Waals surface area contributed by atoms with Crippen molar-refractivity contribution in [1.29, 1.82) is 0 Å². The van der Waals surface area contributed by atoms with Crippen LogP contribution in [0.4, 0.5) is 0 Å². The highest BCUT2D eigenvalue weighted by atomic mass is 79.9. The highest BCUT2D eigenvalue weighted by molar-refractivity contribution is 9.10. The number of fused-ring (bicyclic) bond motifs is 1. The summed E-state index contributed by atoms with van der Waals surface area (Å²) in [5, 5.41) is 0. The molecule has 0 radical (unpaired) electrons. The molecule has 0 fully saturated rings. The van der Waals surface area contributed by atoms with E-state index in [1.54, 1.807) is 11.1 Å². The van der Waals surface area contributed by atoms with Crippen LogP contribution in [0.3, 0.4) is 0 Å². The molecule has 1 atom stereocenters. The topological polar surface area (TPSA) is 0 Å². The second-order valence-electron chi connectivity index (χ2n) is 5.53. The van der Waals surface area contributed by atoms with E-state index in [4.69, 9.17) is 0 Å². The van der Waals surface area contributed by atoms with Crippen molar-refractivity contribution in [2.24, 2.45) is 0 Å². The second-order valence-corrected chi connectivity index (χ2v) is 7.55. The first-order chi connectivity index (χ1) is 9.72. The predicted molar refractivity (Wildman–Crippen MR) is 92.6 cm³/mol. The number of aryl methyl sites for hydroxylation is 2. The van der Waals surface area contributed by atoms with Crippen molar-refractivity contribution in [3.8, 4) is 0 Å². The van der Waals surface area contributed by atoms with E-state index in [1.165, 1.54) is 36.8 Å². The monoisotopic (exact) mass is 392 g/mol. The van der Waals surface area contributed by atoms with Crippen molar-refractivity contribution in [2.45, 2.75) is 36.9 Å². The molecule has 0 N–H and O–H groups in total. The Labute approximate surface area is 137 Å². The smallest absolute Gasteiger partial charge is 0.0435 e. The average molecular weight is 394 g/mol. The van der Waals surface area contributed by atoms with Crippen LogP contribution in [0.2, 0.25) is 0 Å². The van der Waals surface area contributed by atoms with E-state index in [1.807, 2.05) is 0 Å². The summed E-state index contributed by atoms with van der Waals surface area (Å²) in [5.74, 6) is 0. The molecular formula is C18H18Br2. The summed E-state index contributed by atoms with van der Waals surface area (Å²) in [4.78, 5) is 0.399. The lowest BCUT2D eigenvalue weighted by Gasteiger charge is -2.18. The van der Waals surface area contributed by atoms with Crippen molar-refractivity contribution >= 4 is 31.9 Å². The number of hydrogen-bond donors (Lipinski definition) is 0. The maximum absolute atomic E-state index is 3.86. The van der Waals surface area contributed by atoms with Gasteiger partial charge in [-0.2, -0.15) is 0 Å². The fourth-order valence-electron chi connectivity index (χ4n) is 2.89. The Hall–Kier alpha value is -0.600. The van der Waals surface area contributed by atoms with Crippen molar-refractivity contribution in [3.63, 3.8) is 0 Å². The molecule has 1 aliphatic rings. The highest BCUT2D eigenvalue weighted by Gasteiger charge is 2.13. The van der Waals surface area contributed by atoms with E-state index in [2.05, 4.69) is 74.3 Å². The van der Waals surface area contributed by atoms with Crippen LogP contribution in [0, 0.1) is 0 Å². The lowest BCUT2D eigenvalue weighted by atomic mass is 9.89. The minimum Gasteiger partial charge on any atom is -0.0835 e. The van der Waals surface area contributed by atoms with Crippen LogP contribution in [0.15, 0.2) is 46.9 Å². The van der Waals surface area contributed by atoms with Gasteiger partial charge in [0.1, 0.15) is 0 Å². The first-order valence-corrected chi connectivity index (χ1v) is 8.93. The number of halogens is 2. The molecule has 1 aliphatic carbocycles. The van der Waals surface area contributed by atoms with Gasteiger partial charge in [0.05, 0.1) is 0 Å². The fraction of sp³-hybridized carbons (Fsp3) is 0.333. The molecule has 2 heteroatoms. The van der Waals surface area contributed by atoms with Gasteiger partial charge in [-0.25, -0.2) is 0 Å². The SMILES string of the molecule is Brc1ccc(CC(Br)c2ccc3c(c2)CCCC3)cc1. The average Bonchev–Trinajstić information content (AvgIpc) is 2.49. The Kier molecular flexibility index (Phi) is 4.62. The fourth-order valence-corrected chi connectivity index (χ4v) is 3.82. The molecule has 104 valence electrons. The number of hydrogen-bond acceptors (Lipinski definition) is 0. The summed E-state index contributed by atoms with van der Waals surface area (Å²) in [6.45, 7) is 0. The zero-order chi connectivity index (χ0) is 13.9. The van der Waals surface area contributed by atoms with E-state index in [0.717, 1.165) is 10.9 Å². The van der Waals surface area contributed by atoms with Gasteiger partial charge in [-0.3, -0.25) is 0 Å². The third kappa shape index (κ3) is 3.35. The van der Waals surface area contributed by atoms with Crippen molar-refractivity contribution in [1.82, 2.24) is 0 Å². The summed E-state index contributed by atoms with van der Waals surface area (Å²) in [6, 6.07) is 15.6. The molecule has 0 amide bonds. The standard InChI is InChI=1S/C18H18Br2/c19-17-9-5-13(6-10-17)11-18(20)16-8-7-14-3-1-2-4-15(14)12-16/h5-10,12,18H,1-4,11H2.